The van der Waals surface area contributed by atoms with E-state index in [2.05, 4.69) is 9.88 Å². The first kappa shape index (κ1) is 16.4. The maximum absolute atomic E-state index is 13.1. The number of aromatic nitrogens is 2. The van der Waals surface area contributed by atoms with Gasteiger partial charge in [-0.1, -0.05) is 0 Å². The number of carbonyl (C=O) groups is 1. The van der Waals surface area contributed by atoms with Gasteiger partial charge in [0.05, 0.1) is 30.8 Å². The molecule has 6 heteroatoms. The van der Waals surface area contributed by atoms with Crippen LogP contribution in [0, 0.1) is 0 Å². The predicted octanol–water partition coefficient (Wildman–Crippen LogP) is 2.30. The summed E-state index contributed by atoms with van der Waals surface area (Å²) in [6, 6.07) is 5.76. The first-order chi connectivity index (χ1) is 11.5. The van der Waals surface area contributed by atoms with Gasteiger partial charge in [-0.3, -0.25) is 4.79 Å². The highest BCUT2D eigenvalue weighted by Crippen LogP contribution is 2.32. The maximum atomic E-state index is 13.1. The minimum Gasteiger partial charge on any atom is -0.490 e. The van der Waals surface area contributed by atoms with Gasteiger partial charge in [0.25, 0.3) is 5.91 Å². The molecule has 3 rings (SSSR count). The summed E-state index contributed by atoms with van der Waals surface area (Å²) in [5.41, 5.74) is 2.66. The number of anilines is 1. The minimum absolute atomic E-state index is 0.0213. The molecule has 0 fully saturated rings. The number of carbonyl (C=O) groups excluding carboxylic acids is 1. The van der Waals surface area contributed by atoms with Gasteiger partial charge in [0, 0.05) is 31.9 Å². The SMILES string of the molecule is CC(C)N(Cc1cncn1C)C(=O)c1ccc2c(c1)N(C)CCO2. The van der Waals surface area contributed by atoms with Crippen LogP contribution in [0.5, 0.6) is 5.75 Å². The molecule has 0 atom stereocenters. The Hall–Kier alpha value is -2.50. The number of hydrogen-bond acceptors (Lipinski definition) is 4. The lowest BCUT2D eigenvalue weighted by atomic mass is 10.1. The van der Waals surface area contributed by atoms with Crippen LogP contribution >= 0.6 is 0 Å². The molecule has 0 spiro atoms. The van der Waals surface area contributed by atoms with Gasteiger partial charge in [-0.15, -0.1) is 0 Å². The summed E-state index contributed by atoms with van der Waals surface area (Å²) in [7, 11) is 3.96. The molecule has 6 nitrogen and oxygen atoms in total. The van der Waals surface area contributed by atoms with Crippen molar-refractivity contribution in [1.29, 1.82) is 0 Å². The molecule has 1 aromatic heterocycles. The Kier molecular flexibility index (Phi) is 4.46. The van der Waals surface area contributed by atoms with Gasteiger partial charge in [-0.25, -0.2) is 4.98 Å². The van der Waals surface area contributed by atoms with Crippen LogP contribution in [-0.4, -0.2) is 46.6 Å². The van der Waals surface area contributed by atoms with Crippen LogP contribution in [0.2, 0.25) is 0 Å². The molecule has 0 N–H and O–H groups in total. The maximum Gasteiger partial charge on any atom is 0.254 e. The van der Waals surface area contributed by atoms with Gasteiger partial charge in [0.1, 0.15) is 12.4 Å². The zero-order chi connectivity index (χ0) is 17.3. The normalized spacial score (nSPS) is 13.6. The third-order valence-corrected chi connectivity index (χ3v) is 4.43. The van der Waals surface area contributed by atoms with E-state index in [1.807, 2.05) is 55.6 Å². The fraction of sp³-hybridized carbons (Fsp3) is 0.444. The molecule has 0 bridgehead atoms. The standard InChI is InChI=1S/C18H24N4O2/c1-13(2)22(11-15-10-19-12-21(15)4)18(23)14-5-6-17-16(9-14)20(3)7-8-24-17/h5-6,9-10,12-13H,7-8,11H2,1-4H3. The van der Waals surface area contributed by atoms with E-state index in [0.29, 0.717) is 18.7 Å². The molecule has 2 aromatic rings. The van der Waals surface area contributed by atoms with Crippen molar-refractivity contribution in [1.82, 2.24) is 14.5 Å². The second kappa shape index (κ2) is 6.55. The molecule has 128 valence electrons. The summed E-state index contributed by atoms with van der Waals surface area (Å²) < 4.78 is 7.60. The van der Waals surface area contributed by atoms with Gasteiger partial charge in [0.15, 0.2) is 0 Å². The zero-order valence-electron chi connectivity index (χ0n) is 14.7. The lowest BCUT2D eigenvalue weighted by molar-refractivity contribution is 0.0686. The Morgan fingerprint density at radius 3 is 2.83 bits per heavy atom. The zero-order valence-corrected chi connectivity index (χ0v) is 14.7. The number of amides is 1. The van der Waals surface area contributed by atoms with Crippen molar-refractivity contribution in [3.63, 3.8) is 0 Å². The van der Waals surface area contributed by atoms with E-state index in [1.165, 1.54) is 0 Å². The van der Waals surface area contributed by atoms with Crippen molar-refractivity contribution in [3.05, 3.63) is 42.0 Å². The molecule has 2 heterocycles. The number of rotatable bonds is 4. The molecule has 0 radical (unpaired) electrons. The second-order valence-electron chi connectivity index (χ2n) is 6.48. The summed E-state index contributed by atoms with van der Waals surface area (Å²) in [5.74, 6) is 0.857. The largest absolute Gasteiger partial charge is 0.490 e. The lowest BCUT2D eigenvalue weighted by Gasteiger charge is -2.30. The third-order valence-electron chi connectivity index (χ3n) is 4.43. The molecular formula is C18H24N4O2. The average Bonchev–Trinajstić information content (AvgIpc) is 2.97. The van der Waals surface area contributed by atoms with Crippen molar-refractivity contribution >= 4 is 11.6 Å². The Bertz CT molecular complexity index is 738. The van der Waals surface area contributed by atoms with E-state index >= 15 is 0 Å². The van der Waals surface area contributed by atoms with Gasteiger partial charge < -0.3 is 19.1 Å². The predicted molar refractivity (Wildman–Crippen MR) is 93.4 cm³/mol. The number of likely N-dealkylation sites (N-methyl/N-ethyl adjacent to an activating group) is 1. The van der Waals surface area contributed by atoms with E-state index < -0.39 is 0 Å². The van der Waals surface area contributed by atoms with Crippen molar-refractivity contribution in [3.8, 4) is 5.75 Å². The summed E-state index contributed by atoms with van der Waals surface area (Å²) in [6.45, 7) is 6.10. The number of fused-ring (bicyclic) bond motifs is 1. The van der Waals surface area contributed by atoms with Crippen LogP contribution in [0.4, 0.5) is 5.69 Å². The number of imidazole rings is 1. The summed E-state index contributed by atoms with van der Waals surface area (Å²) >= 11 is 0. The Balaban J connectivity index is 1.88. The molecule has 0 aliphatic carbocycles. The van der Waals surface area contributed by atoms with Crippen molar-refractivity contribution in [2.24, 2.45) is 7.05 Å². The number of hydrogen-bond donors (Lipinski definition) is 0. The van der Waals surface area contributed by atoms with Crippen LogP contribution in [0.3, 0.4) is 0 Å². The lowest BCUT2D eigenvalue weighted by Crippen LogP contribution is -2.37. The fourth-order valence-corrected chi connectivity index (χ4v) is 2.85. The van der Waals surface area contributed by atoms with Gasteiger partial charge >= 0.3 is 0 Å². The van der Waals surface area contributed by atoms with Gasteiger partial charge in [-0.2, -0.15) is 0 Å². The molecule has 1 aromatic carbocycles. The van der Waals surface area contributed by atoms with Gasteiger partial charge in [0.2, 0.25) is 0 Å². The quantitative estimate of drug-likeness (QED) is 0.864. The van der Waals surface area contributed by atoms with Crippen molar-refractivity contribution in [2.45, 2.75) is 26.4 Å². The second-order valence-corrected chi connectivity index (χ2v) is 6.48. The van der Waals surface area contributed by atoms with Crippen LogP contribution < -0.4 is 9.64 Å². The van der Waals surface area contributed by atoms with Crippen LogP contribution in [0.25, 0.3) is 0 Å². The Morgan fingerprint density at radius 2 is 2.17 bits per heavy atom. The molecule has 0 saturated carbocycles. The van der Waals surface area contributed by atoms with Crippen LogP contribution in [0.15, 0.2) is 30.7 Å². The first-order valence-electron chi connectivity index (χ1n) is 8.21. The number of benzene rings is 1. The highest BCUT2D eigenvalue weighted by molar-refractivity contribution is 5.96. The number of nitrogens with zero attached hydrogens (tertiary/aromatic N) is 4. The minimum atomic E-state index is 0.0213. The number of ether oxygens (including phenoxy) is 1. The molecule has 24 heavy (non-hydrogen) atoms. The molecule has 0 saturated heterocycles. The van der Waals surface area contributed by atoms with E-state index in [9.17, 15) is 4.79 Å². The number of aryl methyl sites for hydroxylation is 1. The molecule has 1 aliphatic rings. The van der Waals surface area contributed by atoms with Gasteiger partial charge in [-0.05, 0) is 32.0 Å². The van der Waals surface area contributed by atoms with E-state index in [4.69, 9.17) is 4.74 Å². The van der Waals surface area contributed by atoms with E-state index in [-0.39, 0.29) is 11.9 Å². The van der Waals surface area contributed by atoms with Crippen molar-refractivity contribution < 1.29 is 9.53 Å². The Morgan fingerprint density at radius 1 is 1.38 bits per heavy atom. The van der Waals surface area contributed by atoms with Crippen LogP contribution in [0.1, 0.15) is 29.9 Å². The molecule has 1 aliphatic heterocycles. The third kappa shape index (κ3) is 3.09. The fourth-order valence-electron chi connectivity index (χ4n) is 2.85. The monoisotopic (exact) mass is 328 g/mol. The molecular weight excluding hydrogens is 304 g/mol. The van der Waals surface area contributed by atoms with E-state index in [0.717, 1.165) is 23.7 Å². The highest BCUT2D eigenvalue weighted by Gasteiger charge is 2.23. The summed E-state index contributed by atoms with van der Waals surface area (Å²) in [4.78, 5) is 21.2. The molecule has 0 unspecified atom stereocenters. The summed E-state index contributed by atoms with van der Waals surface area (Å²) in [6.07, 6.45) is 3.56. The first-order valence-corrected chi connectivity index (χ1v) is 8.21. The van der Waals surface area contributed by atoms with Crippen LogP contribution in [-0.2, 0) is 13.6 Å². The summed E-state index contributed by atoms with van der Waals surface area (Å²) in [5, 5.41) is 0. The topological polar surface area (TPSA) is 50.6 Å². The smallest absolute Gasteiger partial charge is 0.254 e. The average molecular weight is 328 g/mol. The Labute approximate surface area is 142 Å². The van der Waals surface area contributed by atoms with Crippen molar-refractivity contribution in [2.75, 3.05) is 25.1 Å². The van der Waals surface area contributed by atoms with E-state index in [1.54, 1.807) is 12.5 Å². The highest BCUT2D eigenvalue weighted by atomic mass is 16.5. The molecule has 1 amide bonds.